The van der Waals surface area contributed by atoms with Crippen LogP contribution in [0.4, 0.5) is 8.78 Å². The minimum absolute atomic E-state index is 0.113. The quantitative estimate of drug-likeness (QED) is 0.741. The molecule has 1 atom stereocenters. The van der Waals surface area contributed by atoms with Crippen molar-refractivity contribution in [1.29, 1.82) is 0 Å². The second kappa shape index (κ2) is 7.32. The Hall–Kier alpha value is -1.04. The lowest BCUT2D eigenvalue weighted by Gasteiger charge is -2.11. The molecule has 0 bridgehead atoms. The smallest absolute Gasteiger partial charge is 0.126 e. The third-order valence-corrected chi connectivity index (χ3v) is 2.14. The molecule has 0 radical (unpaired) electrons. The van der Waals surface area contributed by atoms with Crippen molar-refractivity contribution in [3.8, 4) is 0 Å². The van der Waals surface area contributed by atoms with Crippen LogP contribution in [0.25, 0.3) is 0 Å². The standard InChI is InChI=1S/C12H16F2O3/c1-16-2-3-17-8-12(15)6-9-4-10(13)7-11(14)5-9/h4-5,7,12,15H,2-3,6,8H2,1H3. The van der Waals surface area contributed by atoms with E-state index < -0.39 is 17.7 Å². The number of rotatable bonds is 7. The first-order valence-corrected chi connectivity index (χ1v) is 5.31. The van der Waals surface area contributed by atoms with Crippen LogP contribution in [0, 0.1) is 11.6 Å². The topological polar surface area (TPSA) is 38.7 Å². The number of hydrogen-bond acceptors (Lipinski definition) is 3. The van der Waals surface area contributed by atoms with Crippen LogP contribution in [-0.4, -0.2) is 38.1 Å². The van der Waals surface area contributed by atoms with E-state index in [-0.39, 0.29) is 13.0 Å². The molecule has 0 fully saturated rings. The lowest BCUT2D eigenvalue weighted by atomic mass is 10.1. The van der Waals surface area contributed by atoms with Crippen LogP contribution in [-0.2, 0) is 15.9 Å². The van der Waals surface area contributed by atoms with Crippen LogP contribution < -0.4 is 0 Å². The van der Waals surface area contributed by atoms with Crippen LogP contribution in [0.15, 0.2) is 18.2 Å². The second-order valence-corrected chi connectivity index (χ2v) is 3.70. The van der Waals surface area contributed by atoms with Gasteiger partial charge in [-0.15, -0.1) is 0 Å². The highest BCUT2D eigenvalue weighted by Crippen LogP contribution is 2.10. The first-order valence-electron chi connectivity index (χ1n) is 5.31. The Morgan fingerprint density at radius 1 is 1.18 bits per heavy atom. The first-order chi connectivity index (χ1) is 8.11. The van der Waals surface area contributed by atoms with Gasteiger partial charge in [0.1, 0.15) is 11.6 Å². The molecular formula is C12H16F2O3. The third-order valence-electron chi connectivity index (χ3n) is 2.14. The van der Waals surface area contributed by atoms with Gasteiger partial charge in [-0.05, 0) is 17.7 Å². The van der Waals surface area contributed by atoms with E-state index in [4.69, 9.17) is 9.47 Å². The van der Waals surface area contributed by atoms with Gasteiger partial charge in [0, 0.05) is 19.6 Å². The molecule has 1 rings (SSSR count). The Morgan fingerprint density at radius 2 is 1.82 bits per heavy atom. The largest absolute Gasteiger partial charge is 0.390 e. The second-order valence-electron chi connectivity index (χ2n) is 3.70. The predicted molar refractivity (Wildman–Crippen MR) is 58.8 cm³/mol. The maximum atomic E-state index is 12.9. The fourth-order valence-electron chi connectivity index (χ4n) is 1.42. The number of hydrogen-bond donors (Lipinski definition) is 1. The van der Waals surface area contributed by atoms with Gasteiger partial charge in [0.25, 0.3) is 0 Å². The first kappa shape index (κ1) is 14.0. The van der Waals surface area contributed by atoms with Crippen molar-refractivity contribution in [2.24, 2.45) is 0 Å². The van der Waals surface area contributed by atoms with Gasteiger partial charge in [0.15, 0.2) is 0 Å². The summed E-state index contributed by atoms with van der Waals surface area (Å²) in [5.74, 6) is -1.29. The number of methoxy groups -OCH3 is 1. The molecule has 0 heterocycles. The van der Waals surface area contributed by atoms with E-state index in [0.717, 1.165) is 6.07 Å². The van der Waals surface area contributed by atoms with Crippen LogP contribution in [0.5, 0.6) is 0 Å². The summed E-state index contributed by atoms with van der Waals surface area (Å²) in [5, 5.41) is 9.57. The fraction of sp³-hybridized carbons (Fsp3) is 0.500. The van der Waals surface area contributed by atoms with E-state index >= 15 is 0 Å². The van der Waals surface area contributed by atoms with Gasteiger partial charge in [0.05, 0.1) is 25.9 Å². The lowest BCUT2D eigenvalue weighted by Crippen LogP contribution is -2.19. The molecule has 96 valence electrons. The summed E-state index contributed by atoms with van der Waals surface area (Å²) in [4.78, 5) is 0. The Labute approximate surface area is 99.0 Å². The number of aliphatic hydroxyl groups excluding tert-OH is 1. The van der Waals surface area contributed by atoms with Gasteiger partial charge < -0.3 is 14.6 Å². The van der Waals surface area contributed by atoms with Gasteiger partial charge in [-0.3, -0.25) is 0 Å². The molecule has 1 unspecified atom stereocenters. The number of aliphatic hydroxyl groups is 1. The van der Waals surface area contributed by atoms with E-state index in [1.807, 2.05) is 0 Å². The van der Waals surface area contributed by atoms with E-state index in [2.05, 4.69) is 0 Å². The summed E-state index contributed by atoms with van der Waals surface area (Å²) < 4.78 is 35.6. The highest BCUT2D eigenvalue weighted by atomic mass is 19.1. The van der Waals surface area contributed by atoms with Gasteiger partial charge >= 0.3 is 0 Å². The molecular weight excluding hydrogens is 230 g/mol. The normalized spacial score (nSPS) is 12.7. The average molecular weight is 246 g/mol. The van der Waals surface area contributed by atoms with E-state index in [1.165, 1.54) is 12.1 Å². The van der Waals surface area contributed by atoms with Crippen LogP contribution in [0.3, 0.4) is 0 Å². The van der Waals surface area contributed by atoms with E-state index in [0.29, 0.717) is 18.8 Å². The summed E-state index contributed by atoms with van der Waals surface area (Å²) >= 11 is 0. The third kappa shape index (κ3) is 5.72. The number of benzene rings is 1. The summed E-state index contributed by atoms with van der Waals surface area (Å²) in [5.41, 5.74) is 0.408. The highest BCUT2D eigenvalue weighted by Gasteiger charge is 2.08. The Morgan fingerprint density at radius 3 is 2.41 bits per heavy atom. The van der Waals surface area contributed by atoms with Gasteiger partial charge in [-0.1, -0.05) is 0 Å². The molecule has 0 spiro atoms. The summed E-state index contributed by atoms with van der Waals surface area (Å²) in [6, 6.07) is 3.19. The van der Waals surface area contributed by atoms with Crippen LogP contribution in [0.1, 0.15) is 5.56 Å². The zero-order valence-electron chi connectivity index (χ0n) is 9.66. The summed E-state index contributed by atoms with van der Waals surface area (Å²) in [7, 11) is 1.55. The summed E-state index contributed by atoms with van der Waals surface area (Å²) in [6.07, 6.45) is -0.630. The molecule has 0 saturated heterocycles. The SMILES string of the molecule is COCCOCC(O)Cc1cc(F)cc(F)c1. The van der Waals surface area contributed by atoms with E-state index in [1.54, 1.807) is 7.11 Å². The van der Waals surface area contributed by atoms with Crippen molar-refractivity contribution in [3.05, 3.63) is 35.4 Å². The Balaban J connectivity index is 2.36. The van der Waals surface area contributed by atoms with Crippen molar-refractivity contribution < 1.29 is 23.4 Å². The van der Waals surface area contributed by atoms with Gasteiger partial charge in [-0.25, -0.2) is 8.78 Å². The highest BCUT2D eigenvalue weighted by molar-refractivity contribution is 5.18. The molecule has 0 aromatic heterocycles. The predicted octanol–water partition coefficient (Wildman–Crippen LogP) is 1.53. The Bertz CT molecular complexity index is 324. The van der Waals surface area contributed by atoms with Gasteiger partial charge in [-0.2, -0.15) is 0 Å². The fourth-order valence-corrected chi connectivity index (χ4v) is 1.42. The van der Waals surface area contributed by atoms with Crippen LogP contribution >= 0.6 is 0 Å². The lowest BCUT2D eigenvalue weighted by molar-refractivity contribution is 0.0136. The molecule has 0 aliphatic heterocycles. The number of ether oxygens (including phenoxy) is 2. The molecule has 1 aromatic rings. The molecule has 3 nitrogen and oxygen atoms in total. The van der Waals surface area contributed by atoms with Crippen molar-refractivity contribution in [1.82, 2.24) is 0 Å². The maximum absolute atomic E-state index is 12.9. The van der Waals surface area contributed by atoms with Crippen molar-refractivity contribution in [2.45, 2.75) is 12.5 Å². The monoisotopic (exact) mass is 246 g/mol. The number of halogens is 2. The molecule has 1 aromatic carbocycles. The molecule has 17 heavy (non-hydrogen) atoms. The minimum atomic E-state index is -0.784. The van der Waals surface area contributed by atoms with E-state index in [9.17, 15) is 13.9 Å². The van der Waals surface area contributed by atoms with Crippen molar-refractivity contribution in [2.75, 3.05) is 26.9 Å². The van der Waals surface area contributed by atoms with Crippen LogP contribution in [0.2, 0.25) is 0 Å². The molecule has 1 N–H and O–H groups in total. The zero-order valence-corrected chi connectivity index (χ0v) is 9.66. The molecule has 5 heteroatoms. The van der Waals surface area contributed by atoms with Crippen molar-refractivity contribution >= 4 is 0 Å². The minimum Gasteiger partial charge on any atom is -0.390 e. The zero-order chi connectivity index (χ0) is 12.7. The average Bonchev–Trinajstić information content (AvgIpc) is 2.23. The molecule has 0 saturated carbocycles. The molecule has 0 aliphatic rings. The maximum Gasteiger partial charge on any atom is 0.126 e. The molecule has 0 amide bonds. The molecule has 0 aliphatic carbocycles. The van der Waals surface area contributed by atoms with Gasteiger partial charge in [0.2, 0.25) is 0 Å². The summed E-state index contributed by atoms with van der Waals surface area (Å²) in [6.45, 7) is 0.938. The Kier molecular flexibility index (Phi) is 6.04. The van der Waals surface area contributed by atoms with Crippen molar-refractivity contribution in [3.63, 3.8) is 0 Å².